The summed E-state index contributed by atoms with van der Waals surface area (Å²) in [6, 6.07) is 2.09. The van der Waals surface area contributed by atoms with Gasteiger partial charge in [-0.15, -0.1) is 11.6 Å². The number of fused-ring (bicyclic) bond motifs is 1. The smallest absolute Gasteiger partial charge is 0.154 e. The van der Waals surface area contributed by atoms with Gasteiger partial charge in [-0.25, -0.2) is 9.97 Å². The van der Waals surface area contributed by atoms with Gasteiger partial charge in [-0.05, 0) is 12.5 Å². The summed E-state index contributed by atoms with van der Waals surface area (Å²) in [4.78, 5) is 8.69. The third-order valence-corrected chi connectivity index (χ3v) is 3.03. The van der Waals surface area contributed by atoms with E-state index in [9.17, 15) is 0 Å². The number of aryl methyl sites for hydroxylation is 1. The van der Waals surface area contributed by atoms with E-state index in [2.05, 4.69) is 15.3 Å². The van der Waals surface area contributed by atoms with Crippen LogP contribution < -0.4 is 5.32 Å². The zero-order valence-corrected chi connectivity index (χ0v) is 11.3. The summed E-state index contributed by atoms with van der Waals surface area (Å²) in [6.45, 7) is 0.595. The van der Waals surface area contributed by atoms with Gasteiger partial charge in [0.1, 0.15) is 5.52 Å². The maximum Gasteiger partial charge on any atom is 0.154 e. The van der Waals surface area contributed by atoms with E-state index in [0.717, 1.165) is 23.3 Å². The molecule has 0 amide bonds. The minimum absolute atomic E-state index is 0.146. The minimum atomic E-state index is 0.146. The number of nitrogens with one attached hydrogen (secondary N) is 1. The van der Waals surface area contributed by atoms with Crippen molar-refractivity contribution in [3.05, 3.63) is 18.6 Å². The number of alkyl halides is 1. The van der Waals surface area contributed by atoms with Crippen molar-refractivity contribution < 1.29 is 4.74 Å². The number of pyridine rings is 1. The van der Waals surface area contributed by atoms with Crippen LogP contribution in [0.1, 0.15) is 6.42 Å². The summed E-state index contributed by atoms with van der Waals surface area (Å²) in [5.74, 6) is 1.36. The van der Waals surface area contributed by atoms with E-state index in [1.165, 1.54) is 0 Å². The van der Waals surface area contributed by atoms with Crippen LogP contribution in [0.4, 0.5) is 5.82 Å². The van der Waals surface area contributed by atoms with Gasteiger partial charge >= 0.3 is 0 Å². The van der Waals surface area contributed by atoms with Gasteiger partial charge in [-0.3, -0.25) is 0 Å². The SMILES string of the molecule is COCC(CCCl)Nc1nccc2c1ncn2C. The third kappa shape index (κ3) is 2.73. The van der Waals surface area contributed by atoms with E-state index < -0.39 is 0 Å². The van der Waals surface area contributed by atoms with Gasteiger partial charge < -0.3 is 14.6 Å². The Kier molecular flexibility index (Phi) is 4.38. The van der Waals surface area contributed by atoms with Crippen molar-refractivity contribution in [2.24, 2.45) is 7.05 Å². The number of imidazole rings is 1. The lowest BCUT2D eigenvalue weighted by Gasteiger charge is -2.17. The van der Waals surface area contributed by atoms with Gasteiger partial charge in [0.15, 0.2) is 5.82 Å². The Morgan fingerprint density at radius 3 is 3.06 bits per heavy atom. The maximum absolute atomic E-state index is 5.78. The molecule has 1 atom stereocenters. The minimum Gasteiger partial charge on any atom is -0.383 e. The molecule has 0 fully saturated rings. The molecule has 0 aliphatic heterocycles. The number of rotatable bonds is 6. The summed E-state index contributed by atoms with van der Waals surface area (Å²) in [5, 5.41) is 3.34. The Morgan fingerprint density at radius 2 is 2.33 bits per heavy atom. The number of nitrogens with zero attached hydrogens (tertiary/aromatic N) is 3. The number of halogens is 1. The summed E-state index contributed by atoms with van der Waals surface area (Å²) in [5.41, 5.74) is 1.92. The number of anilines is 1. The molecule has 0 aliphatic carbocycles. The summed E-state index contributed by atoms with van der Waals surface area (Å²) in [6.07, 6.45) is 4.38. The zero-order chi connectivity index (χ0) is 13.0. The molecule has 0 aliphatic rings. The van der Waals surface area contributed by atoms with E-state index >= 15 is 0 Å². The van der Waals surface area contributed by atoms with Gasteiger partial charge in [0.2, 0.25) is 0 Å². The Balaban J connectivity index is 2.24. The molecule has 2 heterocycles. The van der Waals surface area contributed by atoms with Crippen LogP contribution in [0.5, 0.6) is 0 Å². The van der Waals surface area contributed by atoms with Gasteiger partial charge in [0, 0.05) is 26.2 Å². The Hall–Kier alpha value is -1.33. The highest BCUT2D eigenvalue weighted by atomic mass is 35.5. The standard InChI is InChI=1S/C12H17ClN4O/c1-17-8-15-11-10(17)4-6-14-12(11)16-9(3-5-13)7-18-2/h4,6,8-9H,3,5,7H2,1-2H3,(H,14,16). The van der Waals surface area contributed by atoms with E-state index in [1.807, 2.05) is 17.7 Å². The van der Waals surface area contributed by atoms with Gasteiger partial charge in [0.05, 0.1) is 24.5 Å². The first-order valence-corrected chi connectivity index (χ1v) is 6.37. The van der Waals surface area contributed by atoms with Crippen molar-refractivity contribution in [2.45, 2.75) is 12.5 Å². The fourth-order valence-corrected chi connectivity index (χ4v) is 2.15. The lowest BCUT2D eigenvalue weighted by molar-refractivity contribution is 0.184. The van der Waals surface area contributed by atoms with Crippen LogP contribution in [0, 0.1) is 0 Å². The normalized spacial score (nSPS) is 12.8. The van der Waals surface area contributed by atoms with Crippen molar-refractivity contribution in [2.75, 3.05) is 24.9 Å². The fourth-order valence-electron chi connectivity index (χ4n) is 1.89. The molecule has 98 valence electrons. The van der Waals surface area contributed by atoms with Gasteiger partial charge in [-0.2, -0.15) is 0 Å². The van der Waals surface area contributed by atoms with E-state index in [1.54, 1.807) is 19.6 Å². The number of ether oxygens (including phenoxy) is 1. The average Bonchev–Trinajstić information content (AvgIpc) is 2.73. The molecule has 2 aromatic heterocycles. The lowest BCUT2D eigenvalue weighted by Crippen LogP contribution is -2.26. The molecule has 2 rings (SSSR count). The molecule has 5 nitrogen and oxygen atoms in total. The van der Waals surface area contributed by atoms with E-state index in [-0.39, 0.29) is 6.04 Å². The topological polar surface area (TPSA) is 52.0 Å². The lowest BCUT2D eigenvalue weighted by atomic mass is 10.2. The first kappa shape index (κ1) is 13.1. The second kappa shape index (κ2) is 6.02. The van der Waals surface area contributed by atoms with Crippen LogP contribution in [0.2, 0.25) is 0 Å². The molecule has 6 heteroatoms. The van der Waals surface area contributed by atoms with Gasteiger partial charge in [-0.1, -0.05) is 0 Å². The number of hydrogen-bond donors (Lipinski definition) is 1. The molecule has 18 heavy (non-hydrogen) atoms. The Labute approximate surface area is 111 Å². The Morgan fingerprint density at radius 1 is 1.50 bits per heavy atom. The van der Waals surface area contributed by atoms with Crippen LogP contribution >= 0.6 is 11.6 Å². The van der Waals surface area contributed by atoms with Crippen molar-refractivity contribution in [1.29, 1.82) is 0 Å². The monoisotopic (exact) mass is 268 g/mol. The molecule has 0 radical (unpaired) electrons. The quantitative estimate of drug-likeness (QED) is 0.815. The highest BCUT2D eigenvalue weighted by Crippen LogP contribution is 2.19. The number of aromatic nitrogens is 3. The Bertz CT molecular complexity index is 508. The molecule has 1 unspecified atom stereocenters. The van der Waals surface area contributed by atoms with E-state index in [4.69, 9.17) is 16.3 Å². The second-order valence-electron chi connectivity index (χ2n) is 4.16. The largest absolute Gasteiger partial charge is 0.383 e. The zero-order valence-electron chi connectivity index (χ0n) is 10.6. The van der Waals surface area contributed by atoms with Crippen LogP contribution in [-0.4, -0.2) is 40.2 Å². The number of methoxy groups -OCH3 is 1. The van der Waals surface area contributed by atoms with Crippen molar-refractivity contribution in [3.63, 3.8) is 0 Å². The van der Waals surface area contributed by atoms with Crippen molar-refractivity contribution in [3.8, 4) is 0 Å². The highest BCUT2D eigenvalue weighted by Gasteiger charge is 2.12. The summed E-state index contributed by atoms with van der Waals surface area (Å²) < 4.78 is 7.14. The molecule has 0 bridgehead atoms. The van der Waals surface area contributed by atoms with Crippen molar-refractivity contribution in [1.82, 2.24) is 14.5 Å². The summed E-state index contributed by atoms with van der Waals surface area (Å²) >= 11 is 5.78. The van der Waals surface area contributed by atoms with Crippen LogP contribution in [0.25, 0.3) is 11.0 Å². The number of hydrogen-bond acceptors (Lipinski definition) is 4. The first-order valence-electron chi connectivity index (χ1n) is 5.83. The van der Waals surface area contributed by atoms with E-state index in [0.29, 0.717) is 12.5 Å². The molecular formula is C12H17ClN4O. The predicted molar refractivity (Wildman–Crippen MR) is 73.1 cm³/mol. The summed E-state index contributed by atoms with van der Waals surface area (Å²) in [7, 11) is 3.64. The third-order valence-electron chi connectivity index (χ3n) is 2.81. The highest BCUT2D eigenvalue weighted by molar-refractivity contribution is 6.17. The molecular weight excluding hydrogens is 252 g/mol. The molecule has 0 saturated heterocycles. The van der Waals surface area contributed by atoms with Crippen LogP contribution in [-0.2, 0) is 11.8 Å². The second-order valence-corrected chi connectivity index (χ2v) is 4.53. The maximum atomic E-state index is 5.78. The predicted octanol–water partition coefficient (Wildman–Crippen LogP) is 2.02. The average molecular weight is 269 g/mol. The van der Waals surface area contributed by atoms with Crippen molar-refractivity contribution >= 4 is 28.5 Å². The molecule has 0 saturated carbocycles. The van der Waals surface area contributed by atoms with Crippen LogP contribution in [0.15, 0.2) is 18.6 Å². The fraction of sp³-hybridized carbons (Fsp3) is 0.500. The molecule has 0 spiro atoms. The van der Waals surface area contributed by atoms with Crippen LogP contribution in [0.3, 0.4) is 0 Å². The molecule has 0 aromatic carbocycles. The first-order chi connectivity index (χ1) is 8.76. The van der Waals surface area contributed by atoms with Gasteiger partial charge in [0.25, 0.3) is 0 Å². The molecule has 2 aromatic rings. The molecule has 1 N–H and O–H groups in total.